The van der Waals surface area contributed by atoms with Gasteiger partial charge in [-0.2, -0.15) is 0 Å². The van der Waals surface area contributed by atoms with Crippen molar-refractivity contribution in [1.82, 2.24) is 0 Å². The van der Waals surface area contributed by atoms with E-state index in [0.29, 0.717) is 11.4 Å². The highest BCUT2D eigenvalue weighted by Crippen LogP contribution is 2.30. The third-order valence-electron chi connectivity index (χ3n) is 2.57. The Morgan fingerprint density at radius 1 is 1.44 bits per heavy atom. The summed E-state index contributed by atoms with van der Waals surface area (Å²) in [5, 5.41) is 0.629. The Hall–Kier alpha value is -1.02. The highest BCUT2D eigenvalue weighted by Gasteiger charge is 2.21. The standard InChI is InChI=1S/C13H15ClO2/c1-9(15)4-11-5-12(14)7-13(6-11)16-8-10-2-3-10/h5-7,10H,2-4,8H2,1H3. The molecule has 0 spiro atoms. The minimum Gasteiger partial charge on any atom is -0.493 e. The maximum absolute atomic E-state index is 11.0. The zero-order valence-electron chi connectivity index (χ0n) is 9.33. The van der Waals surface area contributed by atoms with Gasteiger partial charge in [-0.3, -0.25) is 4.79 Å². The van der Waals surface area contributed by atoms with E-state index < -0.39 is 0 Å². The van der Waals surface area contributed by atoms with Gasteiger partial charge in [-0.05, 0) is 49.4 Å². The number of carbonyl (C=O) groups is 1. The number of hydrogen-bond donors (Lipinski definition) is 0. The predicted molar refractivity (Wildman–Crippen MR) is 64.1 cm³/mol. The first-order valence-electron chi connectivity index (χ1n) is 5.55. The van der Waals surface area contributed by atoms with Crippen molar-refractivity contribution >= 4 is 17.4 Å². The first-order valence-corrected chi connectivity index (χ1v) is 5.93. The number of rotatable bonds is 5. The van der Waals surface area contributed by atoms with Gasteiger partial charge in [0.05, 0.1) is 6.61 Å². The summed E-state index contributed by atoms with van der Waals surface area (Å²) in [5.41, 5.74) is 0.922. The lowest BCUT2D eigenvalue weighted by molar-refractivity contribution is -0.116. The van der Waals surface area contributed by atoms with Crippen molar-refractivity contribution in [3.63, 3.8) is 0 Å². The lowest BCUT2D eigenvalue weighted by atomic mass is 10.1. The molecule has 2 rings (SSSR count). The summed E-state index contributed by atoms with van der Waals surface area (Å²) >= 11 is 5.97. The highest BCUT2D eigenvalue weighted by molar-refractivity contribution is 6.30. The second-order valence-corrected chi connectivity index (χ2v) is 4.86. The molecule has 1 aromatic rings. The normalized spacial score (nSPS) is 14.9. The summed E-state index contributed by atoms with van der Waals surface area (Å²) < 4.78 is 5.64. The van der Waals surface area contributed by atoms with Crippen molar-refractivity contribution in [3.05, 3.63) is 28.8 Å². The lowest BCUT2D eigenvalue weighted by Crippen LogP contribution is -2.01. The molecule has 0 N–H and O–H groups in total. The fourth-order valence-electron chi connectivity index (χ4n) is 1.59. The Morgan fingerprint density at radius 3 is 2.81 bits per heavy atom. The molecular formula is C13H15ClO2. The number of halogens is 1. The summed E-state index contributed by atoms with van der Waals surface area (Å²) in [6.07, 6.45) is 2.95. The van der Waals surface area contributed by atoms with Crippen molar-refractivity contribution in [2.45, 2.75) is 26.2 Å². The molecule has 0 amide bonds. The van der Waals surface area contributed by atoms with E-state index in [0.717, 1.165) is 23.8 Å². The minimum atomic E-state index is 0.135. The molecule has 1 saturated carbocycles. The molecule has 1 aliphatic rings. The SMILES string of the molecule is CC(=O)Cc1cc(Cl)cc(OCC2CC2)c1. The van der Waals surface area contributed by atoms with Gasteiger partial charge in [0.2, 0.25) is 0 Å². The zero-order valence-corrected chi connectivity index (χ0v) is 10.1. The summed E-state index contributed by atoms with van der Waals surface area (Å²) in [4.78, 5) is 11.0. The van der Waals surface area contributed by atoms with E-state index in [-0.39, 0.29) is 5.78 Å². The fraction of sp³-hybridized carbons (Fsp3) is 0.462. The van der Waals surface area contributed by atoms with E-state index in [2.05, 4.69) is 0 Å². The summed E-state index contributed by atoms with van der Waals surface area (Å²) in [7, 11) is 0. The number of carbonyl (C=O) groups excluding carboxylic acids is 1. The number of ketones is 1. The van der Waals surface area contributed by atoms with Gasteiger partial charge < -0.3 is 4.74 Å². The van der Waals surface area contributed by atoms with Crippen LogP contribution >= 0.6 is 11.6 Å². The van der Waals surface area contributed by atoms with Crippen LogP contribution in [-0.2, 0) is 11.2 Å². The zero-order chi connectivity index (χ0) is 11.5. The van der Waals surface area contributed by atoms with Gasteiger partial charge in [0, 0.05) is 11.4 Å². The van der Waals surface area contributed by atoms with Gasteiger partial charge >= 0.3 is 0 Å². The van der Waals surface area contributed by atoms with E-state index in [9.17, 15) is 4.79 Å². The monoisotopic (exact) mass is 238 g/mol. The van der Waals surface area contributed by atoms with Crippen LogP contribution in [0.5, 0.6) is 5.75 Å². The molecule has 1 aromatic carbocycles. The molecule has 0 radical (unpaired) electrons. The molecule has 1 aliphatic carbocycles. The predicted octanol–water partition coefficient (Wildman–Crippen LogP) is 3.26. The van der Waals surface area contributed by atoms with E-state index in [1.807, 2.05) is 12.1 Å². The highest BCUT2D eigenvalue weighted by atomic mass is 35.5. The average molecular weight is 239 g/mol. The van der Waals surface area contributed by atoms with Crippen LogP contribution in [0.3, 0.4) is 0 Å². The van der Waals surface area contributed by atoms with Gasteiger partial charge in [0.25, 0.3) is 0 Å². The van der Waals surface area contributed by atoms with Crippen LogP contribution in [0.2, 0.25) is 5.02 Å². The minimum absolute atomic E-state index is 0.135. The fourth-order valence-corrected chi connectivity index (χ4v) is 1.84. The van der Waals surface area contributed by atoms with Crippen molar-refractivity contribution in [1.29, 1.82) is 0 Å². The van der Waals surface area contributed by atoms with Crippen molar-refractivity contribution < 1.29 is 9.53 Å². The Labute approximate surface area is 101 Å². The van der Waals surface area contributed by atoms with Crippen LogP contribution in [0.25, 0.3) is 0 Å². The van der Waals surface area contributed by atoms with Crippen LogP contribution in [0.4, 0.5) is 0 Å². The molecule has 0 atom stereocenters. The molecule has 0 bridgehead atoms. The number of benzene rings is 1. The van der Waals surface area contributed by atoms with Crippen molar-refractivity contribution in [3.8, 4) is 5.75 Å². The molecule has 1 fully saturated rings. The van der Waals surface area contributed by atoms with Crippen LogP contribution < -0.4 is 4.74 Å². The van der Waals surface area contributed by atoms with Crippen LogP contribution in [0, 0.1) is 5.92 Å². The van der Waals surface area contributed by atoms with Gasteiger partial charge in [0.1, 0.15) is 11.5 Å². The molecule has 2 nitrogen and oxygen atoms in total. The molecule has 0 saturated heterocycles. The van der Waals surface area contributed by atoms with Gasteiger partial charge in [0.15, 0.2) is 0 Å². The third-order valence-corrected chi connectivity index (χ3v) is 2.78. The summed E-state index contributed by atoms with van der Waals surface area (Å²) in [6.45, 7) is 2.34. The quantitative estimate of drug-likeness (QED) is 0.787. The molecule has 16 heavy (non-hydrogen) atoms. The Bertz CT molecular complexity index is 397. The maximum atomic E-state index is 11.0. The largest absolute Gasteiger partial charge is 0.493 e. The lowest BCUT2D eigenvalue weighted by Gasteiger charge is -2.07. The molecule has 0 heterocycles. The topological polar surface area (TPSA) is 26.3 Å². The molecule has 3 heteroatoms. The summed E-state index contributed by atoms with van der Waals surface area (Å²) in [5.74, 6) is 1.63. The molecule has 0 unspecified atom stereocenters. The van der Waals surface area contributed by atoms with Gasteiger partial charge in [-0.15, -0.1) is 0 Å². The first kappa shape index (κ1) is 11.5. The summed E-state index contributed by atoms with van der Waals surface area (Å²) in [6, 6.07) is 5.51. The van der Waals surface area contributed by atoms with Crippen LogP contribution in [-0.4, -0.2) is 12.4 Å². The van der Waals surface area contributed by atoms with Crippen LogP contribution in [0.1, 0.15) is 25.3 Å². The third kappa shape index (κ3) is 3.53. The smallest absolute Gasteiger partial charge is 0.134 e. The van der Waals surface area contributed by atoms with E-state index in [1.165, 1.54) is 12.8 Å². The number of ether oxygens (including phenoxy) is 1. The molecule has 0 aromatic heterocycles. The van der Waals surface area contributed by atoms with Gasteiger partial charge in [-0.25, -0.2) is 0 Å². The van der Waals surface area contributed by atoms with Crippen LogP contribution in [0.15, 0.2) is 18.2 Å². The first-order chi connectivity index (χ1) is 7.63. The number of hydrogen-bond acceptors (Lipinski definition) is 2. The maximum Gasteiger partial charge on any atom is 0.134 e. The van der Waals surface area contributed by atoms with E-state index in [4.69, 9.17) is 16.3 Å². The second kappa shape index (κ2) is 4.88. The Kier molecular flexibility index (Phi) is 3.49. The van der Waals surface area contributed by atoms with Crippen molar-refractivity contribution in [2.75, 3.05) is 6.61 Å². The average Bonchev–Trinajstić information content (AvgIpc) is 2.95. The van der Waals surface area contributed by atoms with Gasteiger partial charge in [-0.1, -0.05) is 11.6 Å². The Morgan fingerprint density at radius 2 is 2.19 bits per heavy atom. The molecule has 0 aliphatic heterocycles. The van der Waals surface area contributed by atoms with E-state index >= 15 is 0 Å². The van der Waals surface area contributed by atoms with Crippen molar-refractivity contribution in [2.24, 2.45) is 5.92 Å². The molecular weight excluding hydrogens is 224 g/mol. The number of Topliss-reactive ketones (excluding diaryl/α,β-unsaturated/α-hetero) is 1. The van der Waals surface area contributed by atoms with E-state index in [1.54, 1.807) is 13.0 Å². The molecule has 86 valence electrons. The Balaban J connectivity index is 2.04. The second-order valence-electron chi connectivity index (χ2n) is 4.43.